The monoisotopic (exact) mass is 418 g/mol. The fourth-order valence-electron chi connectivity index (χ4n) is 3.86. The first kappa shape index (κ1) is 22.0. The van der Waals surface area contributed by atoms with E-state index in [4.69, 9.17) is 9.47 Å². The summed E-state index contributed by atoms with van der Waals surface area (Å²) in [6.45, 7) is 0.203. The van der Waals surface area contributed by atoms with E-state index in [1.165, 1.54) is 18.2 Å². The molecule has 3 N–H and O–H groups in total. The van der Waals surface area contributed by atoms with Crippen LogP contribution in [-0.4, -0.2) is 72.6 Å². The zero-order chi connectivity index (χ0) is 21.7. The molecule has 0 unspecified atom stereocenters. The molecule has 162 valence electrons. The molecule has 30 heavy (non-hydrogen) atoms. The fraction of sp³-hybridized carbons (Fsp3) is 0.409. The van der Waals surface area contributed by atoms with Crippen LogP contribution in [-0.2, 0) is 0 Å². The topological polar surface area (TPSA) is 91.3 Å². The summed E-state index contributed by atoms with van der Waals surface area (Å²) >= 11 is 0. The summed E-state index contributed by atoms with van der Waals surface area (Å²) in [5, 5.41) is 23.1. The number of ether oxygens (including phenoxy) is 2. The molecule has 4 atom stereocenters. The van der Waals surface area contributed by atoms with Crippen LogP contribution in [0.1, 0.15) is 16.8 Å². The molecular weight excluding hydrogens is 391 g/mol. The molecule has 2 aromatic rings. The Morgan fingerprint density at radius 2 is 1.97 bits per heavy atom. The van der Waals surface area contributed by atoms with Gasteiger partial charge in [-0.15, -0.1) is 0 Å². The summed E-state index contributed by atoms with van der Waals surface area (Å²) in [5.74, 6) is -0.0194. The van der Waals surface area contributed by atoms with Crippen molar-refractivity contribution in [1.82, 2.24) is 10.2 Å². The lowest BCUT2D eigenvalue weighted by Gasteiger charge is -2.31. The summed E-state index contributed by atoms with van der Waals surface area (Å²) in [6, 6.07) is 11.8. The normalized spacial score (nSPS) is 23.4. The predicted octanol–water partition coefficient (Wildman–Crippen LogP) is 1.44. The lowest BCUT2D eigenvalue weighted by molar-refractivity contribution is 0.0109. The van der Waals surface area contributed by atoms with Crippen molar-refractivity contribution in [2.24, 2.45) is 0 Å². The lowest BCUT2D eigenvalue weighted by atomic mass is 10.1. The van der Waals surface area contributed by atoms with Crippen molar-refractivity contribution in [3.63, 3.8) is 0 Å². The number of hydrogen-bond acceptors (Lipinski definition) is 6. The van der Waals surface area contributed by atoms with Crippen molar-refractivity contribution in [3.05, 3.63) is 59.9 Å². The molecule has 3 rings (SSSR count). The number of benzene rings is 2. The molecule has 1 aliphatic rings. The number of nitrogens with zero attached hydrogens (tertiary/aromatic N) is 1. The summed E-state index contributed by atoms with van der Waals surface area (Å²) in [6.07, 6.45) is -1.22. The molecule has 0 bridgehead atoms. The number of halogens is 1. The molecule has 2 aromatic carbocycles. The predicted molar refractivity (Wildman–Crippen MR) is 109 cm³/mol. The van der Waals surface area contributed by atoms with Crippen LogP contribution in [0.4, 0.5) is 4.39 Å². The molecule has 8 heteroatoms. The zero-order valence-corrected chi connectivity index (χ0v) is 17.0. The van der Waals surface area contributed by atoms with Gasteiger partial charge in [0.15, 0.2) is 0 Å². The second-order valence-corrected chi connectivity index (χ2v) is 7.32. The van der Waals surface area contributed by atoms with Crippen LogP contribution in [0.3, 0.4) is 0 Å². The molecule has 1 amide bonds. The van der Waals surface area contributed by atoms with Crippen molar-refractivity contribution in [2.75, 3.05) is 27.3 Å². The maximum Gasteiger partial charge on any atom is 0.254 e. The third kappa shape index (κ3) is 4.89. The van der Waals surface area contributed by atoms with E-state index in [2.05, 4.69) is 5.32 Å². The van der Waals surface area contributed by atoms with Gasteiger partial charge in [0.05, 0.1) is 31.4 Å². The third-order valence-corrected chi connectivity index (χ3v) is 5.35. The van der Waals surface area contributed by atoms with E-state index in [-0.39, 0.29) is 12.2 Å². The zero-order valence-electron chi connectivity index (χ0n) is 17.0. The Bertz CT molecular complexity index is 865. The van der Waals surface area contributed by atoms with Crippen LogP contribution in [0.15, 0.2) is 48.5 Å². The van der Waals surface area contributed by atoms with E-state index < -0.39 is 36.0 Å². The highest BCUT2D eigenvalue weighted by Gasteiger charge is 2.46. The second kappa shape index (κ2) is 9.88. The second-order valence-electron chi connectivity index (χ2n) is 7.32. The molecule has 7 nitrogen and oxygen atoms in total. The molecule has 0 heterocycles. The molecule has 1 fully saturated rings. The standard InChI is InChI=1S/C22H27FN2O5/c1-25(10-11-26)20-18(24-22(28)16-8-3-4-9-17(16)23)13-19(21(20)27)30-15-7-5-6-14(12-15)29-2/h3-9,12,18-21,26-27H,10-11,13H2,1-2H3,(H,24,28)/t18-,19-,20+,21+/m1/s1. The quantitative estimate of drug-likeness (QED) is 0.601. The van der Waals surface area contributed by atoms with Gasteiger partial charge in [0, 0.05) is 19.0 Å². The van der Waals surface area contributed by atoms with Crippen LogP contribution < -0.4 is 14.8 Å². The number of likely N-dealkylation sites (N-methyl/N-ethyl adjacent to an activating group) is 1. The molecule has 1 aliphatic carbocycles. The van der Waals surface area contributed by atoms with E-state index in [0.29, 0.717) is 24.5 Å². The Kier molecular flexibility index (Phi) is 7.25. The van der Waals surface area contributed by atoms with Gasteiger partial charge in [0.2, 0.25) is 0 Å². The van der Waals surface area contributed by atoms with Crippen LogP contribution in [0.25, 0.3) is 0 Å². The maximum absolute atomic E-state index is 14.0. The number of rotatable bonds is 8. The molecule has 0 aromatic heterocycles. The fourth-order valence-corrected chi connectivity index (χ4v) is 3.86. The average Bonchev–Trinajstić information content (AvgIpc) is 3.03. The van der Waals surface area contributed by atoms with Crippen molar-refractivity contribution in [3.8, 4) is 11.5 Å². The Balaban J connectivity index is 1.79. The summed E-state index contributed by atoms with van der Waals surface area (Å²) < 4.78 is 25.2. The number of aliphatic hydroxyl groups excluding tert-OH is 2. The minimum Gasteiger partial charge on any atom is -0.497 e. The molecule has 0 aliphatic heterocycles. The van der Waals surface area contributed by atoms with Crippen molar-refractivity contribution in [2.45, 2.75) is 30.7 Å². The number of carbonyl (C=O) groups excluding carboxylic acids is 1. The summed E-state index contributed by atoms with van der Waals surface area (Å²) in [5.41, 5.74) is -0.0623. The number of amides is 1. The minimum atomic E-state index is -0.932. The van der Waals surface area contributed by atoms with Gasteiger partial charge in [-0.25, -0.2) is 4.39 Å². The molecule has 0 spiro atoms. The van der Waals surface area contributed by atoms with Gasteiger partial charge >= 0.3 is 0 Å². The number of aliphatic hydroxyl groups is 2. The van der Waals surface area contributed by atoms with E-state index in [9.17, 15) is 19.4 Å². The van der Waals surface area contributed by atoms with Crippen LogP contribution >= 0.6 is 0 Å². The van der Waals surface area contributed by atoms with Crippen LogP contribution in [0, 0.1) is 5.82 Å². The molecule has 0 radical (unpaired) electrons. The maximum atomic E-state index is 14.0. The lowest BCUT2D eigenvalue weighted by Crippen LogP contribution is -2.52. The highest BCUT2D eigenvalue weighted by atomic mass is 19.1. The highest BCUT2D eigenvalue weighted by molar-refractivity contribution is 5.94. The van der Waals surface area contributed by atoms with Crippen molar-refractivity contribution in [1.29, 1.82) is 0 Å². The number of nitrogens with one attached hydrogen (secondary N) is 1. The number of methoxy groups -OCH3 is 1. The SMILES string of the molecule is COc1cccc(O[C@@H]2C[C@@H](NC(=O)c3ccccc3F)[C@H](N(C)CCO)[C@H]2O)c1. The van der Waals surface area contributed by atoms with Crippen molar-refractivity contribution < 1.29 is 28.9 Å². The van der Waals surface area contributed by atoms with Crippen LogP contribution in [0.5, 0.6) is 11.5 Å². The van der Waals surface area contributed by atoms with E-state index in [1.54, 1.807) is 49.4 Å². The molecule has 0 saturated heterocycles. The molecule has 1 saturated carbocycles. The van der Waals surface area contributed by atoms with Gasteiger partial charge in [-0.3, -0.25) is 9.69 Å². The Labute approximate surface area is 175 Å². The smallest absolute Gasteiger partial charge is 0.254 e. The Hall–Kier alpha value is -2.68. The van der Waals surface area contributed by atoms with Crippen LogP contribution in [0.2, 0.25) is 0 Å². The number of carbonyl (C=O) groups is 1. The van der Waals surface area contributed by atoms with Gasteiger partial charge in [0.1, 0.15) is 29.5 Å². The van der Waals surface area contributed by atoms with Gasteiger partial charge in [-0.1, -0.05) is 18.2 Å². The van der Waals surface area contributed by atoms with Gasteiger partial charge in [-0.05, 0) is 31.3 Å². The average molecular weight is 418 g/mol. The number of hydrogen-bond donors (Lipinski definition) is 3. The van der Waals surface area contributed by atoms with Gasteiger partial charge < -0.3 is 25.0 Å². The molecular formula is C22H27FN2O5. The van der Waals surface area contributed by atoms with Crippen molar-refractivity contribution >= 4 is 5.91 Å². The largest absolute Gasteiger partial charge is 0.497 e. The summed E-state index contributed by atoms with van der Waals surface area (Å²) in [7, 11) is 3.30. The van der Waals surface area contributed by atoms with E-state index in [0.717, 1.165) is 0 Å². The van der Waals surface area contributed by atoms with Gasteiger partial charge in [0.25, 0.3) is 5.91 Å². The third-order valence-electron chi connectivity index (χ3n) is 5.35. The van der Waals surface area contributed by atoms with Gasteiger partial charge in [-0.2, -0.15) is 0 Å². The van der Waals surface area contributed by atoms with E-state index in [1.807, 2.05) is 0 Å². The Morgan fingerprint density at radius 1 is 1.23 bits per heavy atom. The summed E-state index contributed by atoms with van der Waals surface area (Å²) in [4.78, 5) is 14.4. The Morgan fingerprint density at radius 3 is 2.67 bits per heavy atom. The first-order chi connectivity index (χ1) is 14.4. The van der Waals surface area contributed by atoms with E-state index >= 15 is 0 Å². The highest BCUT2D eigenvalue weighted by Crippen LogP contribution is 2.30. The minimum absolute atomic E-state index is 0.0623. The first-order valence-electron chi connectivity index (χ1n) is 9.80. The first-order valence-corrected chi connectivity index (χ1v) is 9.80.